The zero-order valence-corrected chi connectivity index (χ0v) is 19.0. The summed E-state index contributed by atoms with van der Waals surface area (Å²) in [6, 6.07) is 11.9. The van der Waals surface area contributed by atoms with Gasteiger partial charge in [0.05, 0.1) is 17.9 Å². The molecule has 166 valence electrons. The van der Waals surface area contributed by atoms with E-state index in [2.05, 4.69) is 27.0 Å². The number of hydrogen-bond acceptors (Lipinski definition) is 5. The van der Waals surface area contributed by atoms with Gasteiger partial charge < -0.3 is 9.80 Å². The Balaban J connectivity index is 1.17. The van der Waals surface area contributed by atoms with Gasteiger partial charge in [-0.05, 0) is 37.3 Å². The lowest BCUT2D eigenvalue weighted by atomic mass is 10.1. The lowest BCUT2D eigenvalue weighted by molar-refractivity contribution is -0.132. The van der Waals surface area contributed by atoms with E-state index in [0.717, 1.165) is 73.5 Å². The lowest BCUT2D eigenvalue weighted by Gasteiger charge is -2.37. The summed E-state index contributed by atoms with van der Waals surface area (Å²) in [4.78, 5) is 23.7. The molecule has 0 radical (unpaired) electrons. The van der Waals surface area contributed by atoms with Crippen LogP contribution in [-0.4, -0.2) is 69.7 Å². The minimum Gasteiger partial charge on any atom is -0.368 e. The molecule has 8 heteroatoms. The highest BCUT2D eigenvalue weighted by Crippen LogP contribution is 2.22. The number of benzene rings is 1. The predicted molar refractivity (Wildman–Crippen MR) is 125 cm³/mol. The molecule has 5 rings (SSSR count). The summed E-state index contributed by atoms with van der Waals surface area (Å²) in [7, 11) is 0. The quantitative estimate of drug-likeness (QED) is 0.611. The van der Waals surface area contributed by atoms with Gasteiger partial charge in [-0.15, -0.1) is 0 Å². The van der Waals surface area contributed by atoms with Crippen molar-refractivity contribution in [2.75, 3.05) is 44.2 Å². The molecule has 1 saturated heterocycles. The first-order chi connectivity index (χ1) is 15.5. The number of halogens is 1. The topological polar surface area (TPSA) is 57.5 Å². The van der Waals surface area contributed by atoms with Crippen LogP contribution >= 0.6 is 11.6 Å². The molecule has 2 aliphatic heterocycles. The van der Waals surface area contributed by atoms with E-state index in [0.29, 0.717) is 6.54 Å². The smallest absolute Gasteiger partial charge is 0.236 e. The van der Waals surface area contributed by atoms with Crippen molar-refractivity contribution >= 4 is 23.2 Å². The summed E-state index contributed by atoms with van der Waals surface area (Å²) in [5.41, 5.74) is 5.43. The summed E-state index contributed by atoms with van der Waals surface area (Å²) in [5, 5.41) is 5.50. The number of anilines is 1. The van der Waals surface area contributed by atoms with E-state index in [-0.39, 0.29) is 5.91 Å². The number of carbonyl (C=O) groups is 1. The van der Waals surface area contributed by atoms with Crippen molar-refractivity contribution in [3.05, 3.63) is 70.8 Å². The maximum Gasteiger partial charge on any atom is 0.236 e. The Morgan fingerprint density at radius 3 is 2.69 bits per heavy atom. The van der Waals surface area contributed by atoms with Crippen LogP contribution in [0.2, 0.25) is 5.02 Å². The van der Waals surface area contributed by atoms with Gasteiger partial charge in [0.25, 0.3) is 0 Å². The molecule has 0 bridgehead atoms. The van der Waals surface area contributed by atoms with Crippen LogP contribution in [0.25, 0.3) is 5.69 Å². The number of piperazine rings is 1. The maximum atomic E-state index is 13.0. The van der Waals surface area contributed by atoms with Crippen LogP contribution in [0.5, 0.6) is 0 Å². The van der Waals surface area contributed by atoms with E-state index in [1.54, 1.807) is 0 Å². The zero-order valence-electron chi connectivity index (χ0n) is 18.2. The van der Waals surface area contributed by atoms with Gasteiger partial charge in [-0.3, -0.25) is 14.7 Å². The molecule has 1 fully saturated rings. The molecule has 4 heterocycles. The van der Waals surface area contributed by atoms with Crippen molar-refractivity contribution in [3.63, 3.8) is 0 Å². The fourth-order valence-corrected chi connectivity index (χ4v) is 4.67. The van der Waals surface area contributed by atoms with Crippen LogP contribution in [0.3, 0.4) is 0 Å². The average molecular weight is 451 g/mol. The molecule has 3 aromatic rings. The van der Waals surface area contributed by atoms with E-state index < -0.39 is 0 Å². The molecule has 0 saturated carbocycles. The van der Waals surface area contributed by atoms with E-state index in [4.69, 9.17) is 16.7 Å². The Kier molecular flexibility index (Phi) is 5.85. The fraction of sp³-hybridized carbons (Fsp3) is 0.375. The molecule has 32 heavy (non-hydrogen) atoms. The van der Waals surface area contributed by atoms with E-state index >= 15 is 0 Å². The second kappa shape index (κ2) is 8.92. The number of carbonyl (C=O) groups excluding carboxylic acids is 1. The van der Waals surface area contributed by atoms with Gasteiger partial charge in [-0.25, -0.2) is 4.68 Å². The fourth-order valence-electron chi connectivity index (χ4n) is 4.49. The molecule has 1 amide bonds. The Morgan fingerprint density at radius 2 is 1.91 bits per heavy atom. The molecular formula is C24H27ClN6O. The summed E-state index contributed by atoms with van der Waals surface area (Å²) in [6.45, 7) is 7.18. The maximum absolute atomic E-state index is 13.0. The summed E-state index contributed by atoms with van der Waals surface area (Å²) in [6.07, 6.45) is 4.76. The van der Waals surface area contributed by atoms with Crippen LogP contribution in [0.15, 0.2) is 48.8 Å². The van der Waals surface area contributed by atoms with Gasteiger partial charge in [0.2, 0.25) is 5.91 Å². The second-order valence-corrected chi connectivity index (χ2v) is 8.95. The molecule has 0 atom stereocenters. The second-order valence-electron chi connectivity index (χ2n) is 8.51. The first-order valence-electron chi connectivity index (χ1n) is 11.1. The van der Waals surface area contributed by atoms with Crippen LogP contribution in [0, 0.1) is 6.92 Å². The van der Waals surface area contributed by atoms with Crippen molar-refractivity contribution in [2.24, 2.45) is 0 Å². The Labute approximate surface area is 193 Å². The number of amides is 1. The first-order valence-corrected chi connectivity index (χ1v) is 11.4. The molecule has 0 aliphatic carbocycles. The van der Waals surface area contributed by atoms with Gasteiger partial charge in [0, 0.05) is 80.1 Å². The van der Waals surface area contributed by atoms with Gasteiger partial charge in [0.1, 0.15) is 0 Å². The molecule has 0 spiro atoms. The van der Waals surface area contributed by atoms with Crippen LogP contribution < -0.4 is 4.90 Å². The summed E-state index contributed by atoms with van der Waals surface area (Å²) >= 11 is 6.13. The lowest BCUT2D eigenvalue weighted by Crippen LogP contribution is -2.51. The highest BCUT2D eigenvalue weighted by Gasteiger charge is 2.26. The predicted octanol–water partition coefficient (Wildman–Crippen LogP) is 2.94. The Bertz CT molecular complexity index is 1120. The molecule has 1 aromatic carbocycles. The van der Waals surface area contributed by atoms with Crippen LogP contribution in [0.1, 0.15) is 17.0 Å². The van der Waals surface area contributed by atoms with Gasteiger partial charge in [0.15, 0.2) is 0 Å². The van der Waals surface area contributed by atoms with Crippen molar-refractivity contribution < 1.29 is 4.79 Å². The van der Waals surface area contributed by atoms with Crippen molar-refractivity contribution in [3.8, 4) is 5.69 Å². The van der Waals surface area contributed by atoms with E-state index in [1.807, 2.05) is 53.0 Å². The van der Waals surface area contributed by atoms with Gasteiger partial charge in [-0.2, -0.15) is 5.10 Å². The van der Waals surface area contributed by atoms with Crippen molar-refractivity contribution in [1.29, 1.82) is 0 Å². The van der Waals surface area contributed by atoms with Crippen LogP contribution in [0.4, 0.5) is 5.69 Å². The number of aryl methyl sites for hydroxylation is 1. The third kappa shape index (κ3) is 4.49. The SMILES string of the molecule is Cc1cc(-n2cc3c(n2)CCN(CC(=O)N2CCN(c4cccc(Cl)c4)CC2)C3)ccn1. The van der Waals surface area contributed by atoms with Gasteiger partial charge in [-0.1, -0.05) is 17.7 Å². The highest BCUT2D eigenvalue weighted by molar-refractivity contribution is 6.30. The van der Waals surface area contributed by atoms with Gasteiger partial charge >= 0.3 is 0 Å². The number of aromatic nitrogens is 3. The number of pyridine rings is 1. The zero-order chi connectivity index (χ0) is 22.1. The molecule has 2 aliphatic rings. The van der Waals surface area contributed by atoms with Crippen molar-refractivity contribution in [2.45, 2.75) is 19.9 Å². The highest BCUT2D eigenvalue weighted by atomic mass is 35.5. The van der Waals surface area contributed by atoms with Crippen molar-refractivity contribution in [1.82, 2.24) is 24.6 Å². The largest absolute Gasteiger partial charge is 0.368 e. The Morgan fingerprint density at radius 1 is 1.06 bits per heavy atom. The summed E-state index contributed by atoms with van der Waals surface area (Å²) in [5.74, 6) is 0.205. The minimum absolute atomic E-state index is 0.205. The molecule has 2 aromatic heterocycles. The third-order valence-electron chi connectivity index (χ3n) is 6.25. The summed E-state index contributed by atoms with van der Waals surface area (Å²) < 4.78 is 1.93. The third-order valence-corrected chi connectivity index (χ3v) is 6.48. The molecule has 0 N–H and O–H groups in total. The molecule has 7 nitrogen and oxygen atoms in total. The normalized spacial score (nSPS) is 16.8. The number of rotatable bonds is 4. The minimum atomic E-state index is 0.205. The monoisotopic (exact) mass is 450 g/mol. The van der Waals surface area contributed by atoms with E-state index in [9.17, 15) is 4.79 Å². The standard InChI is InChI=1S/C24H27ClN6O/c1-18-13-22(5-7-26-18)31-16-19-15-28(8-6-23(19)27-31)17-24(32)30-11-9-29(10-12-30)21-4-2-3-20(25)14-21/h2-5,7,13-14,16H,6,8-12,15,17H2,1H3. The van der Waals surface area contributed by atoms with Crippen LogP contribution in [-0.2, 0) is 17.8 Å². The average Bonchev–Trinajstić information content (AvgIpc) is 3.23. The van der Waals surface area contributed by atoms with E-state index in [1.165, 1.54) is 5.56 Å². The number of hydrogen-bond donors (Lipinski definition) is 0. The number of fused-ring (bicyclic) bond motifs is 1. The number of nitrogens with zero attached hydrogens (tertiary/aromatic N) is 6. The Hall–Kier alpha value is -2.90. The molecule has 0 unspecified atom stereocenters. The molecular weight excluding hydrogens is 424 g/mol. The first kappa shape index (κ1) is 21.0.